The minimum absolute atomic E-state index is 0.174. The molecule has 1 heterocycles. The number of aliphatic imine (C=N–C) groups is 1. The summed E-state index contributed by atoms with van der Waals surface area (Å²) in [5.41, 5.74) is 1.60. The molecule has 1 aliphatic heterocycles. The molecule has 0 aromatic heterocycles. The summed E-state index contributed by atoms with van der Waals surface area (Å²) >= 11 is 7.21. The van der Waals surface area contributed by atoms with Gasteiger partial charge in [0.05, 0.1) is 23.8 Å². The molecule has 7 heteroatoms. The third kappa shape index (κ3) is 7.04. The van der Waals surface area contributed by atoms with Crippen LogP contribution in [0.4, 0.5) is 5.69 Å². The van der Waals surface area contributed by atoms with Crippen molar-refractivity contribution in [3.63, 3.8) is 0 Å². The van der Waals surface area contributed by atoms with Gasteiger partial charge in [-0.2, -0.15) is 0 Å². The van der Waals surface area contributed by atoms with Crippen LogP contribution >= 0.6 is 23.4 Å². The van der Waals surface area contributed by atoms with Gasteiger partial charge in [-0.15, -0.1) is 0 Å². The third-order valence-electron chi connectivity index (χ3n) is 4.53. The highest BCUT2D eigenvalue weighted by Gasteiger charge is 2.24. The van der Waals surface area contributed by atoms with E-state index in [1.54, 1.807) is 24.3 Å². The van der Waals surface area contributed by atoms with Gasteiger partial charge in [-0.1, -0.05) is 43.9 Å². The number of nitrogens with one attached hydrogen (secondary N) is 1. The van der Waals surface area contributed by atoms with E-state index in [0.717, 1.165) is 29.8 Å². The van der Waals surface area contributed by atoms with Crippen molar-refractivity contribution in [2.45, 2.75) is 39.5 Å². The highest BCUT2D eigenvalue weighted by molar-refractivity contribution is 8.18. The number of hydrogen-bond donors (Lipinski definition) is 1. The second-order valence-electron chi connectivity index (χ2n) is 7.01. The molecule has 0 radical (unpaired) electrons. The summed E-state index contributed by atoms with van der Waals surface area (Å²) < 4.78 is 11.7. The number of thioether (sulfide) groups is 1. The van der Waals surface area contributed by atoms with Gasteiger partial charge in [0, 0.05) is 5.02 Å². The molecule has 2 aromatic rings. The Morgan fingerprint density at radius 2 is 1.84 bits per heavy atom. The summed E-state index contributed by atoms with van der Waals surface area (Å²) in [7, 11) is 0. The first-order valence-electron chi connectivity index (χ1n) is 10.5. The van der Waals surface area contributed by atoms with Crippen LogP contribution in [-0.4, -0.2) is 24.3 Å². The van der Waals surface area contributed by atoms with Crippen molar-refractivity contribution in [3.05, 3.63) is 58.0 Å². The Morgan fingerprint density at radius 1 is 1.03 bits per heavy atom. The van der Waals surface area contributed by atoms with E-state index in [0.29, 0.717) is 34.1 Å². The smallest absolute Gasteiger partial charge is 0.264 e. The van der Waals surface area contributed by atoms with E-state index < -0.39 is 0 Å². The molecule has 1 N–H and O–H groups in total. The molecule has 164 valence electrons. The predicted molar refractivity (Wildman–Crippen MR) is 130 cm³/mol. The number of carbonyl (C=O) groups excluding carboxylic acids is 1. The van der Waals surface area contributed by atoms with Crippen molar-refractivity contribution in [2.75, 3.05) is 13.2 Å². The topological polar surface area (TPSA) is 59.9 Å². The first kappa shape index (κ1) is 23.2. The highest BCUT2D eigenvalue weighted by atomic mass is 35.5. The van der Waals surface area contributed by atoms with Crippen molar-refractivity contribution in [3.8, 4) is 11.5 Å². The van der Waals surface area contributed by atoms with E-state index in [4.69, 9.17) is 21.1 Å². The van der Waals surface area contributed by atoms with Gasteiger partial charge in [-0.25, -0.2) is 4.99 Å². The molecule has 0 aliphatic carbocycles. The summed E-state index contributed by atoms with van der Waals surface area (Å²) in [6.45, 7) is 5.34. The molecule has 5 nitrogen and oxygen atoms in total. The van der Waals surface area contributed by atoms with Crippen molar-refractivity contribution < 1.29 is 14.3 Å². The fraction of sp³-hybridized carbons (Fsp3) is 0.333. The van der Waals surface area contributed by atoms with Crippen LogP contribution < -0.4 is 14.8 Å². The van der Waals surface area contributed by atoms with E-state index in [2.05, 4.69) is 17.2 Å². The van der Waals surface area contributed by atoms with Crippen LogP contribution in [0.2, 0.25) is 5.02 Å². The molecule has 0 spiro atoms. The lowest BCUT2D eigenvalue weighted by molar-refractivity contribution is -0.115. The molecule has 0 saturated carbocycles. The number of amides is 1. The number of hydrogen-bond acceptors (Lipinski definition) is 5. The standard InChI is InChI=1S/C24H27ClN2O3S/c1-3-5-6-7-14-30-20-13-8-17(15-21(20)29-4-2)16-22-23(28)27-24(31-22)26-19-11-9-18(25)10-12-19/h8-13,15-16H,3-7,14H2,1-2H3,(H,26,27,28). The first-order valence-corrected chi connectivity index (χ1v) is 11.7. The molecule has 1 amide bonds. The van der Waals surface area contributed by atoms with Crippen molar-refractivity contribution in [2.24, 2.45) is 4.99 Å². The van der Waals surface area contributed by atoms with Gasteiger partial charge in [0.15, 0.2) is 16.7 Å². The Balaban J connectivity index is 1.70. The average Bonchev–Trinajstić information content (AvgIpc) is 3.09. The fourth-order valence-electron chi connectivity index (χ4n) is 2.98. The number of benzene rings is 2. The fourth-order valence-corrected chi connectivity index (χ4v) is 3.95. The van der Waals surface area contributed by atoms with Crippen LogP contribution in [0.5, 0.6) is 11.5 Å². The molecule has 2 aromatic carbocycles. The van der Waals surface area contributed by atoms with Gasteiger partial charge in [0.1, 0.15) is 0 Å². The van der Waals surface area contributed by atoms with Crippen molar-refractivity contribution >= 4 is 46.2 Å². The van der Waals surface area contributed by atoms with Crippen molar-refractivity contribution in [1.82, 2.24) is 5.32 Å². The Labute approximate surface area is 192 Å². The van der Waals surface area contributed by atoms with Crippen LogP contribution in [0.25, 0.3) is 6.08 Å². The molecular formula is C24H27ClN2O3S. The van der Waals surface area contributed by atoms with Gasteiger partial charge in [0.2, 0.25) is 0 Å². The molecule has 0 atom stereocenters. The maximum atomic E-state index is 12.4. The lowest BCUT2D eigenvalue weighted by Gasteiger charge is -2.12. The molecule has 31 heavy (non-hydrogen) atoms. The maximum absolute atomic E-state index is 12.4. The quantitative estimate of drug-likeness (QED) is 0.322. The first-order chi connectivity index (χ1) is 15.1. The number of halogens is 1. The lowest BCUT2D eigenvalue weighted by Crippen LogP contribution is -2.19. The zero-order valence-electron chi connectivity index (χ0n) is 17.8. The number of rotatable bonds is 10. The average molecular weight is 459 g/mol. The van der Waals surface area contributed by atoms with Gasteiger partial charge in [-0.3, -0.25) is 4.79 Å². The van der Waals surface area contributed by atoms with E-state index in [9.17, 15) is 4.79 Å². The number of nitrogens with zero attached hydrogens (tertiary/aromatic N) is 1. The van der Waals surface area contributed by atoms with E-state index >= 15 is 0 Å². The largest absolute Gasteiger partial charge is 0.490 e. The van der Waals surface area contributed by atoms with Crippen LogP contribution in [0.15, 0.2) is 52.4 Å². The Morgan fingerprint density at radius 3 is 2.58 bits per heavy atom. The van der Waals surface area contributed by atoms with E-state index in [1.807, 2.05) is 31.2 Å². The number of unbranched alkanes of at least 4 members (excludes halogenated alkanes) is 3. The van der Waals surface area contributed by atoms with Gasteiger partial charge < -0.3 is 14.8 Å². The number of carbonyl (C=O) groups is 1. The highest BCUT2D eigenvalue weighted by Crippen LogP contribution is 2.32. The zero-order valence-corrected chi connectivity index (χ0v) is 19.4. The predicted octanol–water partition coefficient (Wildman–Crippen LogP) is 6.59. The van der Waals surface area contributed by atoms with E-state index in [1.165, 1.54) is 24.6 Å². The van der Waals surface area contributed by atoms with Crippen LogP contribution in [0.1, 0.15) is 45.1 Å². The summed E-state index contributed by atoms with van der Waals surface area (Å²) in [6, 6.07) is 12.9. The summed E-state index contributed by atoms with van der Waals surface area (Å²) in [5.74, 6) is 1.24. The van der Waals surface area contributed by atoms with Gasteiger partial charge >= 0.3 is 0 Å². The molecule has 1 saturated heterocycles. The summed E-state index contributed by atoms with van der Waals surface area (Å²) in [5, 5.41) is 3.98. The van der Waals surface area contributed by atoms with Gasteiger partial charge in [-0.05, 0) is 73.1 Å². The summed E-state index contributed by atoms with van der Waals surface area (Å²) in [4.78, 5) is 17.4. The Hall–Kier alpha value is -2.44. The van der Waals surface area contributed by atoms with Crippen LogP contribution in [0, 0.1) is 0 Å². The third-order valence-corrected chi connectivity index (χ3v) is 5.69. The number of amidine groups is 1. The molecule has 3 rings (SSSR count). The second kappa shape index (κ2) is 11.8. The number of ether oxygens (including phenoxy) is 2. The van der Waals surface area contributed by atoms with Crippen LogP contribution in [-0.2, 0) is 4.79 Å². The second-order valence-corrected chi connectivity index (χ2v) is 8.47. The van der Waals surface area contributed by atoms with Gasteiger partial charge in [0.25, 0.3) is 5.91 Å². The monoisotopic (exact) mass is 458 g/mol. The lowest BCUT2D eigenvalue weighted by atomic mass is 10.2. The van der Waals surface area contributed by atoms with E-state index in [-0.39, 0.29) is 5.91 Å². The van der Waals surface area contributed by atoms with Crippen LogP contribution in [0.3, 0.4) is 0 Å². The Bertz CT molecular complexity index is 958. The zero-order chi connectivity index (χ0) is 22.1. The molecule has 0 unspecified atom stereocenters. The normalized spacial score (nSPS) is 16.0. The Kier molecular flexibility index (Phi) is 8.85. The van der Waals surface area contributed by atoms with Crippen molar-refractivity contribution in [1.29, 1.82) is 0 Å². The minimum Gasteiger partial charge on any atom is -0.490 e. The molecular weight excluding hydrogens is 432 g/mol. The molecule has 1 aliphatic rings. The maximum Gasteiger partial charge on any atom is 0.264 e. The SMILES string of the molecule is CCCCCCOc1ccc(C=C2SC(=Nc3ccc(Cl)cc3)NC2=O)cc1OCC. The molecule has 0 bridgehead atoms. The molecule has 1 fully saturated rings. The summed E-state index contributed by atoms with van der Waals surface area (Å²) in [6.07, 6.45) is 6.44. The minimum atomic E-state index is -0.174.